The van der Waals surface area contributed by atoms with Crippen LogP contribution in [0.2, 0.25) is 0 Å². The Morgan fingerprint density at radius 1 is 0.889 bits per heavy atom. The van der Waals surface area contributed by atoms with Crippen LogP contribution < -0.4 is 15.4 Å². The summed E-state index contributed by atoms with van der Waals surface area (Å²) in [6.45, 7) is 0.307. The summed E-state index contributed by atoms with van der Waals surface area (Å²) in [5.41, 5.74) is -1.45. The summed E-state index contributed by atoms with van der Waals surface area (Å²) >= 11 is 0. The van der Waals surface area contributed by atoms with Gasteiger partial charge in [-0.2, -0.15) is 13.2 Å². The molecule has 27 heavy (non-hydrogen) atoms. The molecule has 0 radical (unpaired) electrons. The van der Waals surface area contributed by atoms with E-state index < -0.39 is 23.2 Å². The maximum atomic E-state index is 12.9. The molecule has 0 unspecified atom stereocenters. The van der Waals surface area contributed by atoms with Crippen molar-refractivity contribution >= 4 is 11.8 Å². The monoisotopic (exact) mass is 380 g/mol. The van der Waals surface area contributed by atoms with Crippen LogP contribution in [-0.4, -0.2) is 31.5 Å². The molecule has 0 aromatic heterocycles. The van der Waals surface area contributed by atoms with Gasteiger partial charge in [0.2, 0.25) is 5.91 Å². The second-order valence-corrected chi connectivity index (χ2v) is 5.56. The number of benzene rings is 2. The Kier molecular flexibility index (Phi) is 7.22. The Morgan fingerprint density at radius 3 is 2.22 bits per heavy atom. The van der Waals surface area contributed by atoms with Crippen LogP contribution in [0, 0.1) is 0 Å². The van der Waals surface area contributed by atoms with Gasteiger partial charge in [0.25, 0.3) is 5.91 Å². The number of alkyl halides is 3. The summed E-state index contributed by atoms with van der Waals surface area (Å²) in [6.07, 6.45) is -4.49. The van der Waals surface area contributed by atoms with Crippen LogP contribution >= 0.6 is 0 Å². The summed E-state index contributed by atoms with van der Waals surface area (Å²) in [7, 11) is 0. The van der Waals surface area contributed by atoms with Gasteiger partial charge in [-0.15, -0.1) is 0 Å². The van der Waals surface area contributed by atoms with E-state index in [9.17, 15) is 22.8 Å². The lowest BCUT2D eigenvalue weighted by Crippen LogP contribution is -2.35. The molecule has 0 fully saturated rings. The molecule has 2 rings (SSSR count). The van der Waals surface area contributed by atoms with Crippen molar-refractivity contribution in [3.05, 3.63) is 65.7 Å². The van der Waals surface area contributed by atoms with E-state index in [1.165, 1.54) is 12.1 Å². The first kappa shape index (κ1) is 20.3. The zero-order chi connectivity index (χ0) is 19.7. The average molecular weight is 380 g/mol. The molecule has 2 aromatic carbocycles. The predicted molar refractivity (Wildman–Crippen MR) is 93.3 cm³/mol. The zero-order valence-electron chi connectivity index (χ0n) is 14.4. The number of carbonyl (C=O) groups is 2. The van der Waals surface area contributed by atoms with Gasteiger partial charge in [-0.1, -0.05) is 30.3 Å². The highest BCUT2D eigenvalue weighted by molar-refractivity contribution is 5.95. The molecule has 0 aliphatic heterocycles. The van der Waals surface area contributed by atoms with Crippen LogP contribution in [0.25, 0.3) is 0 Å². The fraction of sp³-hybridized carbons (Fsp3) is 0.263. The van der Waals surface area contributed by atoms with E-state index in [-0.39, 0.29) is 32.0 Å². The average Bonchev–Trinajstić information content (AvgIpc) is 2.65. The molecular weight excluding hydrogens is 361 g/mol. The fourth-order valence-electron chi connectivity index (χ4n) is 2.27. The molecule has 0 spiro atoms. The first-order chi connectivity index (χ1) is 12.9. The van der Waals surface area contributed by atoms with Crippen LogP contribution in [0.1, 0.15) is 22.3 Å². The fourth-order valence-corrected chi connectivity index (χ4v) is 2.27. The normalized spacial score (nSPS) is 10.9. The third-order valence-corrected chi connectivity index (χ3v) is 3.55. The highest BCUT2D eigenvalue weighted by Gasteiger charge is 2.34. The van der Waals surface area contributed by atoms with E-state index in [0.29, 0.717) is 5.75 Å². The van der Waals surface area contributed by atoms with Crippen LogP contribution in [0.4, 0.5) is 13.2 Å². The van der Waals surface area contributed by atoms with Crippen molar-refractivity contribution in [3.8, 4) is 5.75 Å². The van der Waals surface area contributed by atoms with Gasteiger partial charge >= 0.3 is 6.18 Å². The third-order valence-electron chi connectivity index (χ3n) is 3.55. The van der Waals surface area contributed by atoms with Crippen LogP contribution in [0.5, 0.6) is 5.75 Å². The van der Waals surface area contributed by atoms with Gasteiger partial charge in [-0.05, 0) is 24.3 Å². The standard InChI is InChI=1S/C19H19F3N2O3/c20-19(21,22)16-9-5-4-8-15(16)18(26)24-12-11-23-17(25)10-13-27-14-6-2-1-3-7-14/h1-9H,10-13H2,(H,23,25)(H,24,26). The summed E-state index contributed by atoms with van der Waals surface area (Å²) in [4.78, 5) is 23.6. The quantitative estimate of drug-likeness (QED) is 0.692. The van der Waals surface area contributed by atoms with Crippen molar-refractivity contribution in [2.75, 3.05) is 19.7 Å². The number of carbonyl (C=O) groups excluding carboxylic acids is 2. The molecule has 0 aliphatic carbocycles. The van der Waals surface area contributed by atoms with Crippen LogP contribution in [0.15, 0.2) is 54.6 Å². The van der Waals surface area contributed by atoms with Crippen LogP contribution in [-0.2, 0) is 11.0 Å². The largest absolute Gasteiger partial charge is 0.493 e. The summed E-state index contributed by atoms with van der Waals surface area (Å²) < 4.78 is 44.1. The number of halogens is 3. The maximum absolute atomic E-state index is 12.9. The molecule has 0 saturated heterocycles. The second kappa shape index (κ2) is 9.61. The number of para-hydroxylation sites is 1. The van der Waals surface area contributed by atoms with Gasteiger partial charge in [0, 0.05) is 13.1 Å². The highest BCUT2D eigenvalue weighted by Crippen LogP contribution is 2.31. The van der Waals surface area contributed by atoms with Crippen LogP contribution in [0.3, 0.4) is 0 Å². The molecule has 0 heterocycles. The van der Waals surface area contributed by atoms with Crippen molar-refractivity contribution in [1.29, 1.82) is 0 Å². The minimum absolute atomic E-state index is 0.0102. The molecule has 0 bridgehead atoms. The molecule has 0 saturated carbocycles. The minimum Gasteiger partial charge on any atom is -0.493 e. The van der Waals surface area contributed by atoms with Crippen molar-refractivity contribution in [3.63, 3.8) is 0 Å². The minimum atomic E-state index is -4.61. The number of hydrogen-bond acceptors (Lipinski definition) is 3. The van der Waals surface area contributed by atoms with Crippen molar-refractivity contribution in [2.45, 2.75) is 12.6 Å². The lowest BCUT2D eigenvalue weighted by Gasteiger charge is -2.13. The molecule has 8 heteroatoms. The predicted octanol–water partition coefficient (Wildman–Crippen LogP) is 3.02. The number of hydrogen-bond donors (Lipinski definition) is 2. The van der Waals surface area contributed by atoms with Crippen molar-refractivity contribution < 1.29 is 27.5 Å². The van der Waals surface area contributed by atoms with Gasteiger partial charge in [-0.25, -0.2) is 0 Å². The number of ether oxygens (including phenoxy) is 1. The molecule has 144 valence electrons. The van der Waals surface area contributed by atoms with Gasteiger partial charge in [0.1, 0.15) is 5.75 Å². The highest BCUT2D eigenvalue weighted by atomic mass is 19.4. The lowest BCUT2D eigenvalue weighted by atomic mass is 10.1. The van der Waals surface area contributed by atoms with Gasteiger partial charge < -0.3 is 15.4 Å². The van der Waals surface area contributed by atoms with E-state index in [0.717, 1.165) is 12.1 Å². The van der Waals surface area contributed by atoms with Crippen molar-refractivity contribution in [2.24, 2.45) is 0 Å². The Labute approximate surface area is 154 Å². The van der Waals surface area contributed by atoms with E-state index in [1.807, 2.05) is 18.2 Å². The van der Waals surface area contributed by atoms with Gasteiger partial charge in [0.15, 0.2) is 0 Å². The first-order valence-corrected chi connectivity index (χ1v) is 8.27. The number of rotatable bonds is 8. The smallest absolute Gasteiger partial charge is 0.417 e. The zero-order valence-corrected chi connectivity index (χ0v) is 14.4. The number of nitrogens with one attached hydrogen (secondary N) is 2. The first-order valence-electron chi connectivity index (χ1n) is 8.27. The molecule has 0 aliphatic rings. The Bertz CT molecular complexity index is 764. The topological polar surface area (TPSA) is 67.4 Å². The Balaban J connectivity index is 1.69. The molecule has 2 N–H and O–H groups in total. The molecule has 2 amide bonds. The Morgan fingerprint density at radius 2 is 1.52 bits per heavy atom. The summed E-state index contributed by atoms with van der Waals surface area (Å²) in [5.74, 6) is -0.471. The Hall–Kier alpha value is -3.03. The molecule has 5 nitrogen and oxygen atoms in total. The van der Waals surface area contributed by atoms with E-state index in [4.69, 9.17) is 4.74 Å². The van der Waals surface area contributed by atoms with Gasteiger partial charge in [-0.3, -0.25) is 9.59 Å². The SMILES string of the molecule is O=C(CCOc1ccccc1)NCCNC(=O)c1ccccc1C(F)(F)F. The lowest BCUT2D eigenvalue weighted by molar-refractivity contribution is -0.138. The molecule has 2 aromatic rings. The van der Waals surface area contributed by atoms with E-state index in [1.54, 1.807) is 12.1 Å². The van der Waals surface area contributed by atoms with E-state index in [2.05, 4.69) is 10.6 Å². The third kappa shape index (κ3) is 6.65. The van der Waals surface area contributed by atoms with E-state index >= 15 is 0 Å². The maximum Gasteiger partial charge on any atom is 0.417 e. The van der Waals surface area contributed by atoms with Crippen molar-refractivity contribution in [1.82, 2.24) is 10.6 Å². The summed E-state index contributed by atoms with van der Waals surface area (Å²) in [5, 5.41) is 4.93. The number of amides is 2. The second-order valence-electron chi connectivity index (χ2n) is 5.56. The molecular formula is C19H19F3N2O3. The molecule has 0 atom stereocenters. The van der Waals surface area contributed by atoms with Gasteiger partial charge in [0.05, 0.1) is 24.2 Å². The summed E-state index contributed by atoms with van der Waals surface area (Å²) in [6, 6.07) is 13.6.